The summed E-state index contributed by atoms with van der Waals surface area (Å²) in [5, 5.41) is 18.0. The summed E-state index contributed by atoms with van der Waals surface area (Å²) in [5.41, 5.74) is 4.23. The number of nitrogen functional groups attached to an aromatic ring is 1. The van der Waals surface area contributed by atoms with E-state index in [1.807, 2.05) is 0 Å². The first kappa shape index (κ1) is 12.6. The van der Waals surface area contributed by atoms with Crippen LogP contribution in [0.5, 0.6) is 11.5 Å². The third kappa shape index (κ3) is 2.07. The van der Waals surface area contributed by atoms with Crippen LogP contribution in [0.15, 0.2) is 6.07 Å². The highest BCUT2D eigenvalue weighted by Crippen LogP contribution is 2.37. The van der Waals surface area contributed by atoms with Crippen molar-refractivity contribution in [1.29, 1.82) is 0 Å². The van der Waals surface area contributed by atoms with Crippen LogP contribution in [0, 0.1) is 0 Å². The summed E-state index contributed by atoms with van der Waals surface area (Å²) in [6.07, 6.45) is 0. The van der Waals surface area contributed by atoms with Crippen LogP contribution >= 0.6 is 0 Å². The molecule has 1 aromatic carbocycles. The van der Waals surface area contributed by atoms with Crippen LogP contribution in [0.1, 0.15) is 20.7 Å². The molecule has 0 saturated heterocycles. The van der Waals surface area contributed by atoms with Gasteiger partial charge in [0.2, 0.25) is 0 Å². The number of hydrogen-bond acceptors (Lipinski definition) is 5. The van der Waals surface area contributed by atoms with E-state index >= 15 is 0 Å². The van der Waals surface area contributed by atoms with E-state index in [1.54, 1.807) is 0 Å². The maximum atomic E-state index is 11.1. The number of aromatic carboxylic acids is 2. The van der Waals surface area contributed by atoms with Crippen LogP contribution < -0.4 is 15.2 Å². The van der Waals surface area contributed by atoms with Crippen molar-refractivity contribution in [3.63, 3.8) is 0 Å². The minimum Gasteiger partial charge on any atom is -0.493 e. The van der Waals surface area contributed by atoms with Gasteiger partial charge in [-0.1, -0.05) is 0 Å². The Morgan fingerprint density at radius 3 is 2.00 bits per heavy atom. The van der Waals surface area contributed by atoms with Gasteiger partial charge in [0, 0.05) is 6.07 Å². The molecule has 92 valence electrons. The Hall–Kier alpha value is -2.44. The predicted molar refractivity (Wildman–Crippen MR) is 57.9 cm³/mol. The van der Waals surface area contributed by atoms with Crippen molar-refractivity contribution < 1.29 is 29.3 Å². The Labute approximate surface area is 96.4 Å². The lowest BCUT2D eigenvalue weighted by Crippen LogP contribution is -2.13. The molecule has 7 nitrogen and oxygen atoms in total. The van der Waals surface area contributed by atoms with E-state index in [0.29, 0.717) is 0 Å². The van der Waals surface area contributed by atoms with Crippen molar-refractivity contribution in [2.75, 3.05) is 20.0 Å². The van der Waals surface area contributed by atoms with Gasteiger partial charge >= 0.3 is 11.9 Å². The highest BCUT2D eigenvalue weighted by Gasteiger charge is 2.27. The van der Waals surface area contributed by atoms with E-state index in [4.69, 9.17) is 25.4 Å². The molecule has 0 aromatic heterocycles. The number of rotatable bonds is 4. The molecule has 0 radical (unpaired) electrons. The molecule has 4 N–H and O–H groups in total. The molecular formula is C10H11NO6. The van der Waals surface area contributed by atoms with Crippen molar-refractivity contribution in [1.82, 2.24) is 0 Å². The molecule has 0 aliphatic rings. The van der Waals surface area contributed by atoms with Gasteiger partial charge in [0.1, 0.15) is 11.1 Å². The minimum absolute atomic E-state index is 0.0624. The summed E-state index contributed by atoms with van der Waals surface area (Å²) in [4.78, 5) is 22.0. The van der Waals surface area contributed by atoms with Crippen molar-refractivity contribution in [3.05, 3.63) is 17.2 Å². The molecular weight excluding hydrogens is 230 g/mol. The summed E-state index contributed by atoms with van der Waals surface area (Å²) in [7, 11) is 2.51. The number of anilines is 1. The van der Waals surface area contributed by atoms with Gasteiger partial charge in [0.15, 0.2) is 11.5 Å². The van der Waals surface area contributed by atoms with Crippen LogP contribution in [0.4, 0.5) is 5.69 Å². The normalized spacial score (nSPS) is 9.76. The monoisotopic (exact) mass is 241 g/mol. The first-order valence-corrected chi connectivity index (χ1v) is 4.45. The predicted octanol–water partition coefficient (Wildman–Crippen LogP) is 0.682. The van der Waals surface area contributed by atoms with Gasteiger partial charge in [0.25, 0.3) is 0 Å². The van der Waals surface area contributed by atoms with E-state index in [-0.39, 0.29) is 17.2 Å². The Morgan fingerprint density at radius 1 is 1.12 bits per heavy atom. The largest absolute Gasteiger partial charge is 0.493 e. The van der Waals surface area contributed by atoms with Crippen LogP contribution in [0.2, 0.25) is 0 Å². The summed E-state index contributed by atoms with van der Waals surface area (Å²) in [5.74, 6) is -3.01. The summed E-state index contributed by atoms with van der Waals surface area (Å²) in [6, 6.07) is 1.20. The average Bonchev–Trinajstić information content (AvgIpc) is 2.26. The number of methoxy groups -OCH3 is 2. The maximum Gasteiger partial charge on any atom is 0.340 e. The van der Waals surface area contributed by atoms with Crippen molar-refractivity contribution in [2.45, 2.75) is 0 Å². The molecule has 0 bridgehead atoms. The zero-order chi connectivity index (χ0) is 13.2. The molecule has 0 heterocycles. The fraction of sp³-hybridized carbons (Fsp3) is 0.200. The minimum atomic E-state index is -1.45. The SMILES string of the molecule is COc1cc(N)c(C(=O)O)c(C(=O)O)c1OC. The van der Waals surface area contributed by atoms with Gasteiger partial charge in [-0.15, -0.1) is 0 Å². The number of ether oxygens (including phenoxy) is 2. The molecule has 0 amide bonds. The van der Waals surface area contributed by atoms with Gasteiger partial charge in [-0.05, 0) is 0 Å². The van der Waals surface area contributed by atoms with Gasteiger partial charge in [0.05, 0.1) is 19.9 Å². The van der Waals surface area contributed by atoms with Gasteiger partial charge in [-0.25, -0.2) is 9.59 Å². The van der Waals surface area contributed by atoms with Crippen LogP contribution in [-0.4, -0.2) is 36.4 Å². The van der Waals surface area contributed by atoms with Crippen LogP contribution in [-0.2, 0) is 0 Å². The molecule has 17 heavy (non-hydrogen) atoms. The number of carbonyl (C=O) groups is 2. The Bertz CT molecular complexity index is 482. The van der Waals surface area contributed by atoms with Gasteiger partial charge < -0.3 is 25.4 Å². The zero-order valence-corrected chi connectivity index (χ0v) is 9.18. The van der Waals surface area contributed by atoms with E-state index in [9.17, 15) is 9.59 Å². The third-order valence-corrected chi connectivity index (χ3v) is 2.13. The average molecular weight is 241 g/mol. The fourth-order valence-corrected chi connectivity index (χ4v) is 1.45. The van der Waals surface area contributed by atoms with Gasteiger partial charge in [-0.2, -0.15) is 0 Å². The lowest BCUT2D eigenvalue weighted by atomic mass is 10.0. The number of carboxylic acids is 2. The Morgan fingerprint density at radius 2 is 1.65 bits per heavy atom. The fourth-order valence-electron chi connectivity index (χ4n) is 1.45. The van der Waals surface area contributed by atoms with E-state index < -0.39 is 23.1 Å². The standard InChI is InChI=1S/C10H11NO6/c1-16-5-3-4(11)6(9(12)13)7(10(14)15)8(5)17-2/h3H,11H2,1-2H3,(H,12,13)(H,14,15). The second kappa shape index (κ2) is 4.60. The molecule has 0 spiro atoms. The molecule has 0 fully saturated rings. The van der Waals surface area contributed by atoms with Crippen molar-refractivity contribution in [2.24, 2.45) is 0 Å². The summed E-state index contributed by atoms with van der Waals surface area (Å²) in [6.45, 7) is 0. The molecule has 7 heteroatoms. The molecule has 0 aliphatic carbocycles. The number of benzene rings is 1. The lowest BCUT2D eigenvalue weighted by Gasteiger charge is -2.14. The highest BCUT2D eigenvalue weighted by atomic mass is 16.5. The van der Waals surface area contributed by atoms with E-state index in [1.165, 1.54) is 20.3 Å². The van der Waals surface area contributed by atoms with Gasteiger partial charge in [-0.3, -0.25) is 0 Å². The van der Waals surface area contributed by atoms with Crippen molar-refractivity contribution >= 4 is 17.6 Å². The summed E-state index contributed by atoms with van der Waals surface area (Å²) >= 11 is 0. The number of hydrogen-bond donors (Lipinski definition) is 3. The third-order valence-electron chi connectivity index (χ3n) is 2.13. The topological polar surface area (TPSA) is 119 Å². The first-order chi connectivity index (χ1) is 7.93. The molecule has 0 unspecified atom stereocenters. The molecule has 0 atom stereocenters. The lowest BCUT2D eigenvalue weighted by molar-refractivity contribution is 0.0648. The Balaban J connectivity index is 3.73. The maximum absolute atomic E-state index is 11.1. The van der Waals surface area contributed by atoms with Crippen molar-refractivity contribution in [3.8, 4) is 11.5 Å². The van der Waals surface area contributed by atoms with E-state index in [0.717, 1.165) is 0 Å². The molecule has 1 aromatic rings. The Kier molecular flexibility index (Phi) is 3.42. The molecule has 0 aliphatic heterocycles. The van der Waals surface area contributed by atoms with Crippen LogP contribution in [0.3, 0.4) is 0 Å². The first-order valence-electron chi connectivity index (χ1n) is 4.45. The number of nitrogens with two attached hydrogens (primary N) is 1. The second-order valence-electron chi connectivity index (χ2n) is 3.06. The molecule has 1 rings (SSSR count). The summed E-state index contributed by atoms with van der Waals surface area (Å²) < 4.78 is 9.73. The smallest absolute Gasteiger partial charge is 0.340 e. The van der Waals surface area contributed by atoms with E-state index in [2.05, 4.69) is 0 Å². The molecule has 0 saturated carbocycles. The quantitative estimate of drug-likeness (QED) is 0.663. The second-order valence-corrected chi connectivity index (χ2v) is 3.06. The highest BCUT2D eigenvalue weighted by molar-refractivity contribution is 6.08. The van der Waals surface area contributed by atoms with Crippen LogP contribution in [0.25, 0.3) is 0 Å². The zero-order valence-electron chi connectivity index (χ0n) is 9.18. The number of carboxylic acid groups (broad SMARTS) is 2.